The molecule has 0 bridgehead atoms. The van der Waals surface area contributed by atoms with E-state index in [9.17, 15) is 0 Å². The Kier molecular flexibility index (Phi) is 7.16. The van der Waals surface area contributed by atoms with Crippen LogP contribution in [0.1, 0.15) is 39.7 Å². The standard InChI is InChI=1S/C17H27NO2/c1-6-14(5)12-20-17-15(11-18-13(3)4)9-8-10-16(17)19-7-2/h8-10,13,18H,5-7,11-12H2,1-4H3. The first-order valence-electron chi connectivity index (χ1n) is 7.35. The Bertz CT molecular complexity index is 427. The van der Waals surface area contributed by atoms with Crippen molar-refractivity contribution >= 4 is 0 Å². The van der Waals surface area contributed by atoms with Crippen LogP contribution in [0.4, 0.5) is 0 Å². The van der Waals surface area contributed by atoms with E-state index in [-0.39, 0.29) is 0 Å². The number of nitrogens with one attached hydrogen (secondary N) is 1. The van der Waals surface area contributed by atoms with E-state index < -0.39 is 0 Å². The molecule has 0 radical (unpaired) electrons. The van der Waals surface area contributed by atoms with E-state index in [4.69, 9.17) is 9.47 Å². The van der Waals surface area contributed by atoms with Crippen molar-refractivity contribution in [2.24, 2.45) is 0 Å². The van der Waals surface area contributed by atoms with Gasteiger partial charge in [0.25, 0.3) is 0 Å². The fourth-order valence-corrected chi connectivity index (χ4v) is 1.72. The lowest BCUT2D eigenvalue weighted by Gasteiger charge is -2.17. The Balaban J connectivity index is 2.90. The van der Waals surface area contributed by atoms with Crippen molar-refractivity contribution in [3.8, 4) is 11.5 Å². The molecule has 0 aliphatic rings. The summed E-state index contributed by atoms with van der Waals surface area (Å²) in [6.45, 7) is 14.3. The monoisotopic (exact) mass is 277 g/mol. The van der Waals surface area contributed by atoms with Crippen LogP contribution in [-0.4, -0.2) is 19.3 Å². The van der Waals surface area contributed by atoms with Gasteiger partial charge in [-0.05, 0) is 25.0 Å². The third-order valence-electron chi connectivity index (χ3n) is 2.98. The number of hydrogen-bond acceptors (Lipinski definition) is 3. The normalized spacial score (nSPS) is 10.7. The summed E-state index contributed by atoms with van der Waals surface area (Å²) in [4.78, 5) is 0. The summed E-state index contributed by atoms with van der Waals surface area (Å²) in [5.74, 6) is 1.64. The second-order valence-corrected chi connectivity index (χ2v) is 5.11. The molecule has 0 spiro atoms. The summed E-state index contributed by atoms with van der Waals surface area (Å²) in [5, 5.41) is 3.42. The summed E-state index contributed by atoms with van der Waals surface area (Å²) >= 11 is 0. The molecule has 20 heavy (non-hydrogen) atoms. The minimum Gasteiger partial charge on any atom is -0.490 e. The summed E-state index contributed by atoms with van der Waals surface area (Å²) in [6.07, 6.45) is 0.927. The van der Waals surface area contributed by atoms with Crippen LogP contribution in [0.3, 0.4) is 0 Å². The van der Waals surface area contributed by atoms with Crippen molar-refractivity contribution in [1.82, 2.24) is 5.32 Å². The Morgan fingerprint density at radius 2 is 2.00 bits per heavy atom. The van der Waals surface area contributed by atoms with Gasteiger partial charge in [-0.2, -0.15) is 0 Å². The van der Waals surface area contributed by atoms with Crippen molar-refractivity contribution in [2.45, 2.75) is 46.7 Å². The van der Waals surface area contributed by atoms with Crippen LogP contribution in [0.5, 0.6) is 11.5 Å². The highest BCUT2D eigenvalue weighted by atomic mass is 16.5. The highest BCUT2D eigenvalue weighted by molar-refractivity contribution is 5.46. The third-order valence-corrected chi connectivity index (χ3v) is 2.98. The average molecular weight is 277 g/mol. The largest absolute Gasteiger partial charge is 0.490 e. The highest BCUT2D eigenvalue weighted by Crippen LogP contribution is 2.32. The SMILES string of the molecule is C=C(CC)COc1c(CNC(C)C)cccc1OCC. The molecule has 1 aromatic rings. The van der Waals surface area contributed by atoms with Crippen LogP contribution >= 0.6 is 0 Å². The third kappa shape index (κ3) is 5.25. The van der Waals surface area contributed by atoms with Crippen LogP contribution in [0.15, 0.2) is 30.4 Å². The number of benzene rings is 1. The molecule has 0 aliphatic carbocycles. The highest BCUT2D eigenvalue weighted by Gasteiger charge is 2.11. The predicted octanol–water partition coefficient (Wildman–Crippen LogP) is 3.93. The molecule has 1 aromatic carbocycles. The molecule has 0 amide bonds. The van der Waals surface area contributed by atoms with Gasteiger partial charge in [0.05, 0.1) is 6.61 Å². The molecule has 0 saturated heterocycles. The number of hydrogen-bond donors (Lipinski definition) is 1. The van der Waals surface area contributed by atoms with Crippen LogP contribution in [-0.2, 0) is 6.54 Å². The molecule has 0 fully saturated rings. The Labute approximate surface area is 123 Å². The molecular weight excluding hydrogens is 250 g/mol. The minimum absolute atomic E-state index is 0.434. The Hall–Kier alpha value is -1.48. The van der Waals surface area contributed by atoms with Gasteiger partial charge in [0.1, 0.15) is 6.61 Å². The van der Waals surface area contributed by atoms with Gasteiger partial charge in [-0.1, -0.05) is 39.5 Å². The van der Waals surface area contributed by atoms with E-state index in [1.165, 1.54) is 0 Å². The lowest BCUT2D eigenvalue weighted by Crippen LogP contribution is -2.22. The first-order valence-corrected chi connectivity index (χ1v) is 7.35. The first-order chi connectivity index (χ1) is 9.58. The lowest BCUT2D eigenvalue weighted by molar-refractivity contribution is 0.288. The van der Waals surface area contributed by atoms with E-state index in [2.05, 4.69) is 38.7 Å². The maximum atomic E-state index is 5.94. The Morgan fingerprint density at radius 1 is 1.25 bits per heavy atom. The maximum Gasteiger partial charge on any atom is 0.166 e. The summed E-state index contributed by atoms with van der Waals surface area (Å²) in [6, 6.07) is 6.46. The fourth-order valence-electron chi connectivity index (χ4n) is 1.72. The zero-order valence-electron chi connectivity index (χ0n) is 13.2. The van der Waals surface area contributed by atoms with E-state index in [0.717, 1.165) is 35.6 Å². The van der Waals surface area contributed by atoms with Crippen LogP contribution < -0.4 is 14.8 Å². The van der Waals surface area contributed by atoms with Crippen molar-refractivity contribution < 1.29 is 9.47 Å². The molecular formula is C17H27NO2. The maximum absolute atomic E-state index is 5.94. The predicted molar refractivity (Wildman–Crippen MR) is 84.5 cm³/mol. The molecule has 1 N–H and O–H groups in total. The van der Waals surface area contributed by atoms with Crippen LogP contribution in [0.2, 0.25) is 0 Å². The van der Waals surface area contributed by atoms with Crippen molar-refractivity contribution in [2.75, 3.05) is 13.2 Å². The van der Waals surface area contributed by atoms with E-state index in [0.29, 0.717) is 19.3 Å². The van der Waals surface area contributed by atoms with Crippen molar-refractivity contribution in [1.29, 1.82) is 0 Å². The average Bonchev–Trinajstić information content (AvgIpc) is 2.43. The number of ether oxygens (including phenoxy) is 2. The first kappa shape index (κ1) is 16.6. The second kappa shape index (κ2) is 8.64. The van der Waals surface area contributed by atoms with Gasteiger partial charge in [-0.3, -0.25) is 0 Å². The van der Waals surface area contributed by atoms with Crippen molar-refractivity contribution in [3.63, 3.8) is 0 Å². The topological polar surface area (TPSA) is 30.5 Å². The van der Waals surface area contributed by atoms with Crippen molar-refractivity contribution in [3.05, 3.63) is 35.9 Å². The number of para-hydroxylation sites is 1. The molecule has 0 atom stereocenters. The van der Waals surface area contributed by atoms with Gasteiger partial charge >= 0.3 is 0 Å². The summed E-state index contributed by atoms with van der Waals surface area (Å²) in [7, 11) is 0. The fraction of sp³-hybridized carbons (Fsp3) is 0.529. The Morgan fingerprint density at radius 3 is 2.60 bits per heavy atom. The van der Waals surface area contributed by atoms with Gasteiger partial charge in [0.2, 0.25) is 0 Å². The second-order valence-electron chi connectivity index (χ2n) is 5.11. The molecule has 1 rings (SSSR count). The van der Waals surface area contributed by atoms with Gasteiger partial charge in [0.15, 0.2) is 11.5 Å². The van der Waals surface area contributed by atoms with E-state index in [1.54, 1.807) is 0 Å². The van der Waals surface area contributed by atoms with Gasteiger partial charge < -0.3 is 14.8 Å². The van der Waals surface area contributed by atoms with Gasteiger partial charge in [-0.25, -0.2) is 0 Å². The van der Waals surface area contributed by atoms with E-state index in [1.807, 2.05) is 19.1 Å². The molecule has 0 aromatic heterocycles. The van der Waals surface area contributed by atoms with Crippen LogP contribution in [0.25, 0.3) is 0 Å². The summed E-state index contributed by atoms with van der Waals surface area (Å²) < 4.78 is 11.6. The molecule has 0 heterocycles. The summed E-state index contributed by atoms with van der Waals surface area (Å²) in [5.41, 5.74) is 2.20. The molecule has 112 valence electrons. The molecule has 0 unspecified atom stereocenters. The lowest BCUT2D eigenvalue weighted by atomic mass is 10.1. The molecule has 0 saturated carbocycles. The zero-order chi connectivity index (χ0) is 15.0. The minimum atomic E-state index is 0.434. The van der Waals surface area contributed by atoms with Gasteiger partial charge in [-0.15, -0.1) is 0 Å². The number of rotatable bonds is 9. The molecule has 3 nitrogen and oxygen atoms in total. The van der Waals surface area contributed by atoms with Gasteiger partial charge in [0, 0.05) is 18.2 Å². The quantitative estimate of drug-likeness (QED) is 0.694. The molecule has 0 aliphatic heterocycles. The molecule has 3 heteroatoms. The zero-order valence-corrected chi connectivity index (χ0v) is 13.2. The van der Waals surface area contributed by atoms with Crippen LogP contribution in [0, 0.1) is 0 Å². The van der Waals surface area contributed by atoms with E-state index >= 15 is 0 Å². The smallest absolute Gasteiger partial charge is 0.166 e.